The fourth-order valence-corrected chi connectivity index (χ4v) is 3.76. The standard InChI is InChI=1S/C24H24N4O2/c1-2-22(29)27-13-15-28(16-14-27)24-20-5-3-4-6-21(20)25-23(26-24)17-7-9-18(10-8-17)30-19-11-12-19/h2-10,19H,1,11-16H2. The first-order valence-electron chi connectivity index (χ1n) is 10.4. The number of piperazine rings is 1. The molecule has 0 atom stereocenters. The lowest BCUT2D eigenvalue weighted by Gasteiger charge is -2.35. The molecule has 1 saturated heterocycles. The van der Waals surface area contributed by atoms with Crippen molar-refractivity contribution >= 4 is 22.6 Å². The molecule has 1 aliphatic carbocycles. The Morgan fingerprint density at radius 3 is 2.43 bits per heavy atom. The van der Waals surface area contributed by atoms with E-state index in [9.17, 15) is 4.79 Å². The first-order valence-corrected chi connectivity index (χ1v) is 10.4. The summed E-state index contributed by atoms with van der Waals surface area (Å²) >= 11 is 0. The molecule has 0 spiro atoms. The Balaban J connectivity index is 1.46. The maximum absolute atomic E-state index is 11.9. The number of fused-ring (bicyclic) bond motifs is 1. The summed E-state index contributed by atoms with van der Waals surface area (Å²) < 4.78 is 5.86. The summed E-state index contributed by atoms with van der Waals surface area (Å²) in [6.07, 6.45) is 4.05. The van der Waals surface area contributed by atoms with Crippen LogP contribution in [-0.4, -0.2) is 53.1 Å². The average Bonchev–Trinajstić information content (AvgIpc) is 3.62. The molecule has 30 heavy (non-hydrogen) atoms. The highest BCUT2D eigenvalue weighted by Gasteiger charge is 2.24. The molecule has 0 radical (unpaired) electrons. The van der Waals surface area contributed by atoms with Crippen LogP contribution in [0.2, 0.25) is 0 Å². The second kappa shape index (κ2) is 7.78. The van der Waals surface area contributed by atoms with Crippen molar-refractivity contribution in [3.8, 4) is 17.1 Å². The number of nitrogens with zero attached hydrogens (tertiary/aromatic N) is 4. The molecule has 1 amide bonds. The highest BCUT2D eigenvalue weighted by atomic mass is 16.5. The first kappa shape index (κ1) is 18.6. The van der Waals surface area contributed by atoms with Crippen LogP contribution in [0, 0.1) is 0 Å². The van der Waals surface area contributed by atoms with Crippen molar-refractivity contribution in [2.24, 2.45) is 0 Å². The van der Waals surface area contributed by atoms with Gasteiger partial charge in [0.1, 0.15) is 11.6 Å². The number of carbonyl (C=O) groups excluding carboxylic acids is 1. The van der Waals surface area contributed by atoms with Gasteiger partial charge in [0.15, 0.2) is 5.82 Å². The van der Waals surface area contributed by atoms with E-state index in [1.807, 2.05) is 47.4 Å². The van der Waals surface area contributed by atoms with Crippen LogP contribution in [0.5, 0.6) is 5.75 Å². The van der Waals surface area contributed by atoms with E-state index in [0.717, 1.165) is 54.0 Å². The largest absolute Gasteiger partial charge is 0.490 e. The quantitative estimate of drug-likeness (QED) is 0.612. The second-order valence-corrected chi connectivity index (χ2v) is 7.75. The number of benzene rings is 2. The molecule has 1 aliphatic heterocycles. The maximum Gasteiger partial charge on any atom is 0.246 e. The molecule has 2 heterocycles. The normalized spacial score (nSPS) is 16.5. The Bertz CT molecular complexity index is 1080. The zero-order valence-corrected chi connectivity index (χ0v) is 16.8. The summed E-state index contributed by atoms with van der Waals surface area (Å²) in [5.41, 5.74) is 1.88. The summed E-state index contributed by atoms with van der Waals surface area (Å²) in [4.78, 5) is 25.7. The van der Waals surface area contributed by atoms with Gasteiger partial charge in [0.05, 0.1) is 11.6 Å². The third kappa shape index (κ3) is 3.73. The Morgan fingerprint density at radius 1 is 1.00 bits per heavy atom. The van der Waals surface area contributed by atoms with E-state index in [2.05, 4.69) is 17.5 Å². The topological polar surface area (TPSA) is 58.6 Å². The number of para-hydroxylation sites is 1. The van der Waals surface area contributed by atoms with E-state index in [0.29, 0.717) is 25.0 Å². The van der Waals surface area contributed by atoms with Crippen molar-refractivity contribution in [1.82, 2.24) is 14.9 Å². The van der Waals surface area contributed by atoms with Crippen LogP contribution in [0.15, 0.2) is 61.2 Å². The van der Waals surface area contributed by atoms with Crippen LogP contribution in [-0.2, 0) is 4.79 Å². The van der Waals surface area contributed by atoms with Gasteiger partial charge in [-0.3, -0.25) is 4.79 Å². The summed E-state index contributed by atoms with van der Waals surface area (Å²) in [7, 11) is 0. The van der Waals surface area contributed by atoms with E-state index in [4.69, 9.17) is 14.7 Å². The second-order valence-electron chi connectivity index (χ2n) is 7.75. The lowest BCUT2D eigenvalue weighted by Crippen LogP contribution is -2.48. The molecular formula is C24H24N4O2. The molecule has 2 fully saturated rings. The molecule has 6 heteroatoms. The van der Waals surface area contributed by atoms with Gasteiger partial charge in [-0.2, -0.15) is 0 Å². The van der Waals surface area contributed by atoms with Gasteiger partial charge in [-0.25, -0.2) is 9.97 Å². The Kier molecular flexibility index (Phi) is 4.83. The van der Waals surface area contributed by atoms with Crippen molar-refractivity contribution in [3.63, 3.8) is 0 Å². The van der Waals surface area contributed by atoms with Gasteiger partial charge in [0.2, 0.25) is 5.91 Å². The Morgan fingerprint density at radius 2 is 1.73 bits per heavy atom. The SMILES string of the molecule is C=CC(=O)N1CCN(c2nc(-c3ccc(OC4CC4)cc3)nc3ccccc23)CC1. The first-order chi connectivity index (χ1) is 14.7. The van der Waals surface area contributed by atoms with Crippen LogP contribution in [0.25, 0.3) is 22.3 Å². The molecule has 5 rings (SSSR count). The smallest absolute Gasteiger partial charge is 0.246 e. The minimum Gasteiger partial charge on any atom is -0.490 e. The number of ether oxygens (including phenoxy) is 1. The molecule has 3 aromatic rings. The highest BCUT2D eigenvalue weighted by molar-refractivity contribution is 5.91. The number of carbonyl (C=O) groups is 1. The van der Waals surface area contributed by atoms with Gasteiger partial charge in [-0.05, 0) is 55.3 Å². The Labute approximate surface area is 175 Å². The maximum atomic E-state index is 11.9. The summed E-state index contributed by atoms with van der Waals surface area (Å²) in [5, 5.41) is 1.03. The molecule has 0 N–H and O–H groups in total. The van der Waals surface area contributed by atoms with Gasteiger partial charge in [0.25, 0.3) is 0 Å². The predicted molar refractivity (Wildman–Crippen MR) is 118 cm³/mol. The van der Waals surface area contributed by atoms with Gasteiger partial charge in [0, 0.05) is 37.1 Å². The Hall–Kier alpha value is -3.41. The van der Waals surface area contributed by atoms with E-state index in [-0.39, 0.29) is 5.91 Å². The molecule has 0 bridgehead atoms. The fourth-order valence-electron chi connectivity index (χ4n) is 3.76. The number of anilines is 1. The lowest BCUT2D eigenvalue weighted by molar-refractivity contribution is -0.126. The minimum absolute atomic E-state index is 0.0172. The van der Waals surface area contributed by atoms with Crippen LogP contribution in [0.3, 0.4) is 0 Å². The monoisotopic (exact) mass is 400 g/mol. The van der Waals surface area contributed by atoms with Crippen molar-refractivity contribution in [2.45, 2.75) is 18.9 Å². The van der Waals surface area contributed by atoms with Crippen LogP contribution in [0.4, 0.5) is 5.82 Å². The molecule has 1 saturated carbocycles. The van der Waals surface area contributed by atoms with E-state index >= 15 is 0 Å². The van der Waals surface area contributed by atoms with Crippen molar-refractivity contribution < 1.29 is 9.53 Å². The summed E-state index contributed by atoms with van der Waals surface area (Å²) in [6.45, 7) is 6.37. The van der Waals surface area contributed by atoms with Crippen molar-refractivity contribution in [3.05, 3.63) is 61.2 Å². The lowest BCUT2D eigenvalue weighted by atomic mass is 10.1. The average molecular weight is 400 g/mol. The third-order valence-corrected chi connectivity index (χ3v) is 5.59. The number of hydrogen-bond donors (Lipinski definition) is 0. The number of aromatic nitrogens is 2. The van der Waals surface area contributed by atoms with Crippen molar-refractivity contribution in [1.29, 1.82) is 0 Å². The molecular weight excluding hydrogens is 376 g/mol. The third-order valence-electron chi connectivity index (χ3n) is 5.59. The predicted octanol–water partition coefficient (Wildman–Crippen LogP) is 3.67. The van der Waals surface area contributed by atoms with Crippen LogP contribution >= 0.6 is 0 Å². The highest BCUT2D eigenvalue weighted by Crippen LogP contribution is 2.31. The zero-order chi connectivity index (χ0) is 20.5. The molecule has 0 unspecified atom stereocenters. The molecule has 6 nitrogen and oxygen atoms in total. The van der Waals surface area contributed by atoms with Gasteiger partial charge < -0.3 is 14.5 Å². The molecule has 1 aromatic heterocycles. The van der Waals surface area contributed by atoms with Crippen LogP contribution < -0.4 is 9.64 Å². The minimum atomic E-state index is -0.0172. The summed E-state index contributed by atoms with van der Waals surface area (Å²) in [5.74, 6) is 2.49. The van der Waals surface area contributed by atoms with Gasteiger partial charge in [-0.15, -0.1) is 0 Å². The van der Waals surface area contributed by atoms with Gasteiger partial charge in [-0.1, -0.05) is 18.7 Å². The zero-order valence-electron chi connectivity index (χ0n) is 16.8. The van der Waals surface area contributed by atoms with E-state index in [1.54, 1.807) is 0 Å². The van der Waals surface area contributed by atoms with Crippen LogP contribution in [0.1, 0.15) is 12.8 Å². The molecule has 2 aromatic carbocycles. The molecule has 2 aliphatic rings. The number of rotatable bonds is 5. The summed E-state index contributed by atoms with van der Waals surface area (Å²) in [6, 6.07) is 16.1. The van der Waals surface area contributed by atoms with Gasteiger partial charge >= 0.3 is 0 Å². The van der Waals surface area contributed by atoms with Crippen molar-refractivity contribution in [2.75, 3.05) is 31.1 Å². The number of hydrogen-bond acceptors (Lipinski definition) is 5. The molecule has 152 valence electrons. The fraction of sp³-hybridized carbons (Fsp3) is 0.292. The number of amides is 1. The van der Waals surface area contributed by atoms with E-state index in [1.165, 1.54) is 6.08 Å². The van der Waals surface area contributed by atoms with E-state index < -0.39 is 0 Å².